The van der Waals surface area contributed by atoms with Crippen LogP contribution in [0.5, 0.6) is 0 Å². The average molecular weight is 409 g/mol. The zero-order chi connectivity index (χ0) is 20.2. The van der Waals surface area contributed by atoms with E-state index in [-0.39, 0.29) is 11.8 Å². The van der Waals surface area contributed by atoms with Gasteiger partial charge in [0.1, 0.15) is 11.9 Å². The molecule has 29 heavy (non-hydrogen) atoms. The van der Waals surface area contributed by atoms with Crippen LogP contribution in [0.25, 0.3) is 11.4 Å². The Labute approximate surface area is 173 Å². The summed E-state index contributed by atoms with van der Waals surface area (Å²) in [6, 6.07) is 14.2. The quantitative estimate of drug-likeness (QED) is 0.676. The number of imidazole rings is 1. The molecule has 6 nitrogen and oxygen atoms in total. The SMILES string of the molecule is O=C(NCc1ccc(Cl)cc1)C1CCCN1C(=O)c1cccc(-c2ncc[nH]2)c1. The highest BCUT2D eigenvalue weighted by molar-refractivity contribution is 6.30. The number of hydrogen-bond acceptors (Lipinski definition) is 3. The molecule has 2 heterocycles. The standard InChI is InChI=1S/C22H21ClN4O2/c23-18-8-6-15(7-9-18)14-26-21(28)19-5-2-12-27(19)22(29)17-4-1-3-16(13-17)20-24-10-11-25-20/h1,3-4,6-11,13,19H,2,5,12,14H2,(H,24,25)(H,26,28). The van der Waals surface area contributed by atoms with E-state index in [4.69, 9.17) is 11.6 Å². The minimum Gasteiger partial charge on any atom is -0.350 e. The molecule has 0 spiro atoms. The third-order valence-electron chi connectivity index (χ3n) is 5.08. The summed E-state index contributed by atoms with van der Waals surface area (Å²) in [6.45, 7) is 0.978. The molecule has 1 fully saturated rings. The van der Waals surface area contributed by atoms with Crippen molar-refractivity contribution in [3.63, 3.8) is 0 Å². The lowest BCUT2D eigenvalue weighted by molar-refractivity contribution is -0.125. The number of nitrogens with zero attached hydrogens (tertiary/aromatic N) is 2. The van der Waals surface area contributed by atoms with Gasteiger partial charge in [-0.3, -0.25) is 9.59 Å². The molecule has 2 aromatic carbocycles. The summed E-state index contributed by atoms with van der Waals surface area (Å²) in [4.78, 5) is 34.8. The van der Waals surface area contributed by atoms with Gasteiger partial charge in [0.05, 0.1) is 0 Å². The fourth-order valence-corrected chi connectivity index (χ4v) is 3.71. The van der Waals surface area contributed by atoms with E-state index in [0.717, 1.165) is 17.5 Å². The minimum absolute atomic E-state index is 0.131. The smallest absolute Gasteiger partial charge is 0.254 e. The number of likely N-dealkylation sites (tertiary alicyclic amines) is 1. The normalized spacial score (nSPS) is 16.0. The van der Waals surface area contributed by atoms with Crippen molar-refractivity contribution in [3.05, 3.63) is 77.1 Å². The van der Waals surface area contributed by atoms with Crippen LogP contribution >= 0.6 is 11.6 Å². The summed E-state index contributed by atoms with van der Waals surface area (Å²) in [5, 5.41) is 3.60. The number of benzene rings is 2. The van der Waals surface area contributed by atoms with Gasteiger partial charge in [-0.15, -0.1) is 0 Å². The Morgan fingerprint density at radius 3 is 2.79 bits per heavy atom. The van der Waals surface area contributed by atoms with Gasteiger partial charge in [-0.2, -0.15) is 0 Å². The number of hydrogen-bond donors (Lipinski definition) is 2. The van der Waals surface area contributed by atoms with Crippen LogP contribution in [-0.4, -0.2) is 39.3 Å². The van der Waals surface area contributed by atoms with E-state index < -0.39 is 6.04 Å². The number of carbonyl (C=O) groups excluding carboxylic acids is 2. The van der Waals surface area contributed by atoms with Gasteiger partial charge < -0.3 is 15.2 Å². The molecule has 0 bridgehead atoms. The van der Waals surface area contributed by atoms with Crippen molar-refractivity contribution < 1.29 is 9.59 Å². The van der Waals surface area contributed by atoms with E-state index in [1.54, 1.807) is 35.5 Å². The summed E-state index contributed by atoms with van der Waals surface area (Å²) in [6.07, 6.45) is 4.88. The zero-order valence-corrected chi connectivity index (χ0v) is 16.5. The predicted molar refractivity (Wildman–Crippen MR) is 111 cm³/mol. The number of rotatable bonds is 5. The average Bonchev–Trinajstić information content (AvgIpc) is 3.45. The fourth-order valence-electron chi connectivity index (χ4n) is 3.58. The lowest BCUT2D eigenvalue weighted by Crippen LogP contribution is -2.45. The second kappa shape index (κ2) is 8.49. The molecule has 2 amide bonds. The summed E-state index contributed by atoms with van der Waals surface area (Å²) >= 11 is 5.90. The molecule has 3 aromatic rings. The summed E-state index contributed by atoms with van der Waals surface area (Å²) in [5.74, 6) is 0.439. The first-order valence-electron chi connectivity index (χ1n) is 9.55. The first-order valence-corrected chi connectivity index (χ1v) is 9.92. The van der Waals surface area contributed by atoms with Crippen molar-refractivity contribution in [1.82, 2.24) is 20.2 Å². The van der Waals surface area contributed by atoms with E-state index in [9.17, 15) is 9.59 Å². The third-order valence-corrected chi connectivity index (χ3v) is 5.33. The van der Waals surface area contributed by atoms with Gasteiger partial charge in [-0.25, -0.2) is 4.98 Å². The van der Waals surface area contributed by atoms with Crippen LogP contribution in [0.4, 0.5) is 0 Å². The number of amides is 2. The highest BCUT2D eigenvalue weighted by atomic mass is 35.5. The Kier molecular flexibility index (Phi) is 5.62. The molecule has 1 unspecified atom stereocenters. The van der Waals surface area contributed by atoms with E-state index >= 15 is 0 Å². The largest absolute Gasteiger partial charge is 0.350 e. The maximum Gasteiger partial charge on any atom is 0.254 e. The van der Waals surface area contributed by atoms with Crippen molar-refractivity contribution in [2.24, 2.45) is 0 Å². The molecule has 1 atom stereocenters. The second-order valence-electron chi connectivity index (χ2n) is 7.02. The number of aromatic amines is 1. The number of nitrogens with one attached hydrogen (secondary N) is 2. The summed E-state index contributed by atoms with van der Waals surface area (Å²) in [5.41, 5.74) is 2.35. The lowest BCUT2D eigenvalue weighted by Gasteiger charge is -2.24. The third kappa shape index (κ3) is 4.32. The highest BCUT2D eigenvalue weighted by Crippen LogP contribution is 2.23. The van der Waals surface area contributed by atoms with Gasteiger partial charge in [0.15, 0.2) is 0 Å². The van der Waals surface area contributed by atoms with Crippen molar-refractivity contribution in [2.45, 2.75) is 25.4 Å². The van der Waals surface area contributed by atoms with E-state index in [0.29, 0.717) is 35.9 Å². The van der Waals surface area contributed by atoms with Crippen LogP contribution in [0.1, 0.15) is 28.8 Å². The van der Waals surface area contributed by atoms with Crippen LogP contribution in [0.2, 0.25) is 5.02 Å². The molecule has 0 radical (unpaired) electrons. The lowest BCUT2D eigenvalue weighted by atomic mass is 10.1. The molecule has 148 valence electrons. The molecule has 2 N–H and O–H groups in total. The van der Waals surface area contributed by atoms with Gasteiger partial charge in [-0.1, -0.05) is 35.9 Å². The van der Waals surface area contributed by atoms with Crippen molar-refractivity contribution >= 4 is 23.4 Å². The summed E-state index contributed by atoms with van der Waals surface area (Å²) < 4.78 is 0. The number of H-pyrrole nitrogens is 1. The van der Waals surface area contributed by atoms with Crippen LogP contribution in [0.15, 0.2) is 60.9 Å². The highest BCUT2D eigenvalue weighted by Gasteiger charge is 2.34. The van der Waals surface area contributed by atoms with Crippen molar-refractivity contribution in [2.75, 3.05) is 6.54 Å². The van der Waals surface area contributed by atoms with Crippen molar-refractivity contribution in [3.8, 4) is 11.4 Å². The molecule has 1 saturated heterocycles. The van der Waals surface area contributed by atoms with Gasteiger partial charge in [0, 0.05) is 41.6 Å². The predicted octanol–water partition coefficient (Wildman–Crippen LogP) is 3.65. The molecule has 1 aromatic heterocycles. The van der Waals surface area contributed by atoms with Crippen molar-refractivity contribution in [1.29, 1.82) is 0 Å². The number of halogens is 1. The van der Waals surface area contributed by atoms with Crippen LogP contribution < -0.4 is 5.32 Å². The van der Waals surface area contributed by atoms with Gasteiger partial charge >= 0.3 is 0 Å². The molecule has 0 aliphatic carbocycles. The first kappa shape index (κ1) is 19.2. The van der Waals surface area contributed by atoms with E-state index in [2.05, 4.69) is 15.3 Å². The Balaban J connectivity index is 1.45. The van der Waals surface area contributed by atoms with Gasteiger partial charge in [0.25, 0.3) is 5.91 Å². The van der Waals surface area contributed by atoms with Crippen LogP contribution in [-0.2, 0) is 11.3 Å². The fraction of sp³-hybridized carbons (Fsp3) is 0.227. The molecular weight excluding hydrogens is 388 g/mol. The van der Waals surface area contributed by atoms with E-state index in [1.165, 1.54) is 0 Å². The molecule has 7 heteroatoms. The molecule has 4 rings (SSSR count). The van der Waals surface area contributed by atoms with Gasteiger partial charge in [0.2, 0.25) is 5.91 Å². The topological polar surface area (TPSA) is 78.1 Å². The number of aromatic nitrogens is 2. The Bertz CT molecular complexity index is 1000. The van der Waals surface area contributed by atoms with Crippen LogP contribution in [0.3, 0.4) is 0 Å². The maximum absolute atomic E-state index is 13.1. The molecule has 0 saturated carbocycles. The second-order valence-corrected chi connectivity index (χ2v) is 7.46. The molecule has 1 aliphatic rings. The minimum atomic E-state index is -0.456. The Morgan fingerprint density at radius 2 is 2.03 bits per heavy atom. The Hall–Kier alpha value is -3.12. The zero-order valence-electron chi connectivity index (χ0n) is 15.8. The van der Waals surface area contributed by atoms with E-state index in [1.807, 2.05) is 30.3 Å². The maximum atomic E-state index is 13.1. The first-order chi connectivity index (χ1) is 14.1. The Morgan fingerprint density at radius 1 is 1.21 bits per heavy atom. The molecule has 1 aliphatic heterocycles. The van der Waals surface area contributed by atoms with Gasteiger partial charge in [-0.05, 0) is 42.7 Å². The number of carbonyl (C=O) groups is 2. The molecular formula is C22H21ClN4O2. The van der Waals surface area contributed by atoms with Crippen LogP contribution in [0, 0.1) is 0 Å². The monoisotopic (exact) mass is 408 g/mol. The summed E-state index contributed by atoms with van der Waals surface area (Å²) in [7, 11) is 0.